The fourth-order valence-electron chi connectivity index (χ4n) is 3.63. The molecule has 1 aromatic heterocycles. The Morgan fingerprint density at radius 2 is 1.87 bits per heavy atom. The second-order valence-corrected chi connectivity index (χ2v) is 7.47. The highest BCUT2D eigenvalue weighted by atomic mass is 19.2. The number of nitrogens with one attached hydrogen (secondary N) is 1. The number of ether oxygens (including phenoxy) is 2. The van der Waals surface area contributed by atoms with Crippen molar-refractivity contribution in [2.24, 2.45) is 0 Å². The minimum atomic E-state index is -1.19. The summed E-state index contributed by atoms with van der Waals surface area (Å²) in [5.74, 6) is -2.49. The van der Waals surface area contributed by atoms with E-state index in [0.29, 0.717) is 13.0 Å². The second-order valence-electron chi connectivity index (χ2n) is 7.47. The summed E-state index contributed by atoms with van der Waals surface area (Å²) in [7, 11) is 2.81. The van der Waals surface area contributed by atoms with E-state index in [1.807, 2.05) is 24.3 Å². The number of amides is 1. The summed E-state index contributed by atoms with van der Waals surface area (Å²) in [5.41, 5.74) is 0.397. The molecule has 1 aliphatic rings. The monoisotopic (exact) mass is 428 g/mol. The van der Waals surface area contributed by atoms with Crippen LogP contribution < -0.4 is 20.2 Å². The van der Waals surface area contributed by atoms with Crippen LogP contribution in [-0.4, -0.2) is 31.2 Å². The minimum Gasteiger partial charge on any atom is -0.497 e. The lowest BCUT2D eigenvalue weighted by Gasteiger charge is -2.16. The molecule has 1 aliphatic carbocycles. The summed E-state index contributed by atoms with van der Waals surface area (Å²) in [6.45, 7) is 0.313. The molecule has 3 aromatic rings. The summed E-state index contributed by atoms with van der Waals surface area (Å²) >= 11 is 0. The quantitative estimate of drug-likeness (QED) is 0.624. The zero-order valence-electron chi connectivity index (χ0n) is 17.2. The number of carbonyl (C=O) groups excluding carboxylic acids is 1. The van der Waals surface area contributed by atoms with E-state index in [9.17, 15) is 18.4 Å². The topological polar surface area (TPSA) is 69.6 Å². The van der Waals surface area contributed by atoms with Crippen molar-refractivity contribution in [1.82, 2.24) is 9.88 Å². The third-order valence-electron chi connectivity index (χ3n) is 5.41. The molecule has 1 amide bonds. The van der Waals surface area contributed by atoms with Crippen LogP contribution >= 0.6 is 0 Å². The average Bonchev–Trinajstić information content (AvgIpc) is 3.61. The molecule has 0 aliphatic heterocycles. The zero-order chi connectivity index (χ0) is 22.1. The third kappa shape index (κ3) is 3.97. The molecule has 8 heteroatoms. The smallest absolute Gasteiger partial charge is 0.256 e. The number of rotatable bonds is 7. The molecule has 0 bridgehead atoms. The van der Waals surface area contributed by atoms with Crippen LogP contribution in [0.1, 0.15) is 34.8 Å². The van der Waals surface area contributed by atoms with Gasteiger partial charge in [0.1, 0.15) is 11.3 Å². The van der Waals surface area contributed by atoms with E-state index in [-0.39, 0.29) is 28.3 Å². The van der Waals surface area contributed by atoms with Crippen LogP contribution in [0.15, 0.2) is 41.3 Å². The van der Waals surface area contributed by atoms with Crippen molar-refractivity contribution in [1.29, 1.82) is 0 Å². The molecule has 0 spiro atoms. The van der Waals surface area contributed by atoms with E-state index in [1.165, 1.54) is 13.3 Å². The molecular formula is C23H22F2N2O4. The lowest BCUT2D eigenvalue weighted by Crippen LogP contribution is -2.31. The number of nitrogens with zero attached hydrogens (tertiary/aromatic N) is 1. The van der Waals surface area contributed by atoms with Crippen molar-refractivity contribution in [3.63, 3.8) is 0 Å². The molecule has 0 unspecified atom stereocenters. The lowest BCUT2D eigenvalue weighted by molar-refractivity contribution is 0.0952. The fraction of sp³-hybridized carbons (Fsp3) is 0.304. The van der Waals surface area contributed by atoms with Gasteiger partial charge in [-0.25, -0.2) is 4.39 Å². The molecule has 4 rings (SSSR count). The van der Waals surface area contributed by atoms with Gasteiger partial charge < -0.3 is 19.4 Å². The number of methoxy groups -OCH3 is 2. The minimum absolute atomic E-state index is 0.00714. The van der Waals surface area contributed by atoms with Gasteiger partial charge in [-0.1, -0.05) is 12.1 Å². The first-order chi connectivity index (χ1) is 14.9. The molecule has 162 valence electrons. The Hall–Kier alpha value is -3.42. The Kier molecular flexibility index (Phi) is 5.63. The van der Waals surface area contributed by atoms with Gasteiger partial charge in [-0.2, -0.15) is 4.39 Å². The number of halogens is 2. The maximum absolute atomic E-state index is 14.3. The number of aromatic nitrogens is 1. The van der Waals surface area contributed by atoms with Gasteiger partial charge in [0, 0.05) is 18.8 Å². The highest BCUT2D eigenvalue weighted by Crippen LogP contribution is 2.40. The fourth-order valence-corrected chi connectivity index (χ4v) is 3.63. The van der Waals surface area contributed by atoms with Gasteiger partial charge in [-0.05, 0) is 43.0 Å². The second kappa shape index (κ2) is 8.37. The molecule has 0 atom stereocenters. The first-order valence-corrected chi connectivity index (χ1v) is 9.96. The van der Waals surface area contributed by atoms with Crippen molar-refractivity contribution < 1.29 is 23.0 Å². The van der Waals surface area contributed by atoms with Crippen molar-refractivity contribution in [2.45, 2.75) is 25.3 Å². The van der Waals surface area contributed by atoms with Gasteiger partial charge in [-0.3, -0.25) is 9.59 Å². The molecule has 2 aromatic carbocycles. The lowest BCUT2D eigenvalue weighted by atomic mass is 10.1. The van der Waals surface area contributed by atoms with Crippen molar-refractivity contribution in [3.8, 4) is 11.5 Å². The van der Waals surface area contributed by atoms with E-state index in [2.05, 4.69) is 5.32 Å². The van der Waals surface area contributed by atoms with Crippen LogP contribution in [0.25, 0.3) is 10.9 Å². The Bertz CT molecular complexity index is 1200. The van der Waals surface area contributed by atoms with Crippen LogP contribution in [0.2, 0.25) is 0 Å². The van der Waals surface area contributed by atoms with E-state index >= 15 is 0 Å². The first kappa shape index (κ1) is 20.8. The zero-order valence-corrected chi connectivity index (χ0v) is 17.2. The van der Waals surface area contributed by atoms with E-state index in [4.69, 9.17) is 9.47 Å². The number of benzene rings is 2. The van der Waals surface area contributed by atoms with Crippen LogP contribution in [0, 0.1) is 11.6 Å². The molecule has 1 saturated carbocycles. The van der Waals surface area contributed by atoms with Crippen LogP contribution in [0.3, 0.4) is 0 Å². The Balaban J connectivity index is 1.64. The molecule has 0 saturated heterocycles. The number of hydrogen-bond donors (Lipinski definition) is 1. The van der Waals surface area contributed by atoms with Crippen LogP contribution in [0.5, 0.6) is 11.5 Å². The Morgan fingerprint density at radius 1 is 1.16 bits per heavy atom. The SMILES string of the molecule is COc1ccc(CCNC(=O)c2cn(C3CC3)c3c(OC)c(F)c(F)cc3c2=O)cc1. The maximum Gasteiger partial charge on any atom is 0.256 e. The van der Waals surface area contributed by atoms with E-state index in [0.717, 1.165) is 30.2 Å². The number of hydrogen-bond acceptors (Lipinski definition) is 4. The Labute approximate surface area is 177 Å². The molecule has 1 N–H and O–H groups in total. The van der Waals surface area contributed by atoms with Gasteiger partial charge >= 0.3 is 0 Å². The number of fused-ring (bicyclic) bond motifs is 1. The van der Waals surface area contributed by atoms with E-state index < -0.39 is 23.0 Å². The standard InChI is InChI=1S/C23H22F2N2O4/c1-30-15-7-3-13(4-8-15)9-10-26-23(29)17-12-27(14-5-6-14)20-16(21(17)28)11-18(24)19(25)22(20)31-2/h3-4,7-8,11-12,14H,5-6,9-10H2,1-2H3,(H,26,29). The average molecular weight is 428 g/mol. The Morgan fingerprint density at radius 3 is 2.48 bits per heavy atom. The van der Waals surface area contributed by atoms with Gasteiger partial charge in [0.15, 0.2) is 11.6 Å². The third-order valence-corrected chi connectivity index (χ3v) is 5.41. The summed E-state index contributed by atoms with van der Waals surface area (Å²) in [4.78, 5) is 25.7. The molecule has 6 nitrogen and oxygen atoms in total. The molecule has 31 heavy (non-hydrogen) atoms. The van der Waals surface area contributed by atoms with Crippen molar-refractivity contribution >= 4 is 16.8 Å². The van der Waals surface area contributed by atoms with Crippen molar-refractivity contribution in [3.05, 3.63) is 69.5 Å². The van der Waals surface area contributed by atoms with Gasteiger partial charge in [0.25, 0.3) is 5.91 Å². The highest BCUT2D eigenvalue weighted by Gasteiger charge is 2.30. The number of carbonyl (C=O) groups is 1. The van der Waals surface area contributed by atoms with Crippen LogP contribution in [0.4, 0.5) is 8.78 Å². The van der Waals surface area contributed by atoms with Crippen molar-refractivity contribution in [2.75, 3.05) is 20.8 Å². The van der Waals surface area contributed by atoms with Crippen LogP contribution in [-0.2, 0) is 6.42 Å². The summed E-state index contributed by atoms with van der Waals surface area (Å²) in [6.07, 6.45) is 3.62. The number of pyridine rings is 1. The summed E-state index contributed by atoms with van der Waals surface area (Å²) in [5, 5.41) is 2.66. The molecular weight excluding hydrogens is 406 g/mol. The van der Waals surface area contributed by atoms with E-state index in [1.54, 1.807) is 11.7 Å². The highest BCUT2D eigenvalue weighted by molar-refractivity contribution is 5.98. The largest absolute Gasteiger partial charge is 0.497 e. The molecule has 0 radical (unpaired) electrons. The van der Waals surface area contributed by atoms with Gasteiger partial charge in [0.2, 0.25) is 11.2 Å². The summed E-state index contributed by atoms with van der Waals surface area (Å²) < 4.78 is 40.2. The molecule has 1 fully saturated rings. The van der Waals surface area contributed by atoms with Gasteiger partial charge in [0.05, 0.1) is 25.1 Å². The maximum atomic E-state index is 14.3. The normalized spacial score (nSPS) is 13.3. The first-order valence-electron chi connectivity index (χ1n) is 9.96. The summed E-state index contributed by atoms with van der Waals surface area (Å²) in [6, 6.07) is 8.29. The predicted molar refractivity (Wildman–Crippen MR) is 112 cm³/mol. The predicted octanol–water partition coefficient (Wildman–Crippen LogP) is 3.60. The van der Waals surface area contributed by atoms with Gasteiger partial charge in [-0.15, -0.1) is 0 Å². The molecule has 1 heterocycles.